The number of benzene rings is 2. The number of hydrogen-bond acceptors (Lipinski definition) is 3. The summed E-state index contributed by atoms with van der Waals surface area (Å²) in [6.07, 6.45) is 0.896. The Balaban J connectivity index is 1.57. The van der Waals surface area contributed by atoms with Crippen LogP contribution >= 0.6 is 0 Å². The highest BCUT2D eigenvalue weighted by Crippen LogP contribution is 2.22. The first kappa shape index (κ1) is 21.2. The van der Waals surface area contributed by atoms with Gasteiger partial charge in [-0.1, -0.05) is 6.07 Å². The molecule has 1 unspecified atom stereocenters. The molecule has 0 aromatic heterocycles. The molecule has 0 bridgehead atoms. The topological polar surface area (TPSA) is 26.8 Å². The predicted molar refractivity (Wildman–Crippen MR) is 107 cm³/mol. The fraction of sp³-hybridized carbons (Fsp3) is 0.409. The van der Waals surface area contributed by atoms with E-state index in [1.165, 1.54) is 18.2 Å². The first-order valence-corrected chi connectivity index (χ1v) is 9.78. The highest BCUT2D eigenvalue weighted by atomic mass is 19.2. The highest BCUT2D eigenvalue weighted by Gasteiger charge is 2.22. The summed E-state index contributed by atoms with van der Waals surface area (Å²) in [6.45, 7) is 5.16. The quantitative estimate of drug-likeness (QED) is 0.756. The third kappa shape index (κ3) is 5.29. The van der Waals surface area contributed by atoms with Gasteiger partial charge in [-0.3, -0.25) is 9.69 Å². The average molecular weight is 405 g/mol. The molecule has 7 heteroatoms. The summed E-state index contributed by atoms with van der Waals surface area (Å²) in [7, 11) is 1.68. The van der Waals surface area contributed by atoms with Crippen molar-refractivity contribution in [1.29, 1.82) is 0 Å². The fourth-order valence-electron chi connectivity index (χ4n) is 3.55. The van der Waals surface area contributed by atoms with E-state index in [0.717, 1.165) is 50.4 Å². The molecule has 1 amide bonds. The zero-order chi connectivity index (χ0) is 21.0. The molecule has 0 spiro atoms. The third-order valence-corrected chi connectivity index (χ3v) is 5.54. The standard InChI is InChI=1S/C22H26F3N3O/c1-16(17-4-9-20(24)21(25)14-17)26(2)22(29)15-27-10-3-11-28(13-12-27)19-7-5-18(23)6-8-19/h4-9,14,16H,3,10-13,15H2,1-2H3. The summed E-state index contributed by atoms with van der Waals surface area (Å²) in [4.78, 5) is 18.6. The summed E-state index contributed by atoms with van der Waals surface area (Å²) in [5.74, 6) is -2.14. The number of halogens is 3. The van der Waals surface area contributed by atoms with Crippen LogP contribution in [0.15, 0.2) is 42.5 Å². The summed E-state index contributed by atoms with van der Waals surface area (Å²) in [6, 6.07) is 9.81. The number of nitrogens with zero attached hydrogens (tertiary/aromatic N) is 3. The predicted octanol–water partition coefficient (Wildman–Crippen LogP) is 3.84. The van der Waals surface area contributed by atoms with Gasteiger partial charge in [0.15, 0.2) is 11.6 Å². The van der Waals surface area contributed by atoms with E-state index in [-0.39, 0.29) is 24.3 Å². The van der Waals surface area contributed by atoms with Crippen molar-refractivity contribution in [2.24, 2.45) is 0 Å². The Kier molecular flexibility index (Phi) is 6.79. The number of rotatable bonds is 5. The van der Waals surface area contributed by atoms with Crippen LogP contribution < -0.4 is 4.90 Å². The highest BCUT2D eigenvalue weighted by molar-refractivity contribution is 5.78. The van der Waals surface area contributed by atoms with Gasteiger partial charge in [0.05, 0.1) is 12.6 Å². The molecule has 2 aromatic carbocycles. The van der Waals surface area contributed by atoms with Crippen LogP contribution in [0, 0.1) is 17.5 Å². The van der Waals surface area contributed by atoms with Gasteiger partial charge in [-0.05, 0) is 55.3 Å². The minimum Gasteiger partial charge on any atom is -0.370 e. The summed E-state index contributed by atoms with van der Waals surface area (Å²) >= 11 is 0. The van der Waals surface area contributed by atoms with Gasteiger partial charge in [-0.15, -0.1) is 0 Å². The summed E-state index contributed by atoms with van der Waals surface area (Å²) in [5, 5.41) is 0. The zero-order valence-corrected chi connectivity index (χ0v) is 16.7. The van der Waals surface area contributed by atoms with Crippen LogP contribution in [0.3, 0.4) is 0 Å². The normalized spacial score (nSPS) is 16.4. The van der Waals surface area contributed by atoms with E-state index in [9.17, 15) is 18.0 Å². The van der Waals surface area contributed by atoms with Crippen LogP contribution in [-0.4, -0.2) is 55.5 Å². The van der Waals surface area contributed by atoms with Crippen molar-refractivity contribution in [3.05, 3.63) is 65.5 Å². The molecular weight excluding hydrogens is 379 g/mol. The maximum absolute atomic E-state index is 13.5. The van der Waals surface area contributed by atoms with Crippen molar-refractivity contribution < 1.29 is 18.0 Å². The molecule has 0 aliphatic carbocycles. The largest absolute Gasteiger partial charge is 0.370 e. The Hall–Kier alpha value is -2.54. The van der Waals surface area contributed by atoms with E-state index >= 15 is 0 Å². The number of anilines is 1. The Bertz CT molecular complexity index is 844. The van der Waals surface area contributed by atoms with Crippen LogP contribution in [0.5, 0.6) is 0 Å². The van der Waals surface area contributed by atoms with Gasteiger partial charge in [0.25, 0.3) is 0 Å². The molecule has 0 radical (unpaired) electrons. The molecule has 1 aliphatic heterocycles. The van der Waals surface area contributed by atoms with Gasteiger partial charge >= 0.3 is 0 Å². The molecule has 29 heavy (non-hydrogen) atoms. The molecule has 1 aliphatic rings. The Morgan fingerprint density at radius 2 is 1.72 bits per heavy atom. The van der Waals surface area contributed by atoms with Crippen molar-refractivity contribution in [2.75, 3.05) is 44.7 Å². The molecule has 1 fully saturated rings. The van der Waals surface area contributed by atoms with Crippen LogP contribution in [0.4, 0.5) is 18.9 Å². The summed E-state index contributed by atoms with van der Waals surface area (Å²) in [5.41, 5.74) is 1.53. The number of hydrogen-bond donors (Lipinski definition) is 0. The monoisotopic (exact) mass is 405 g/mol. The Morgan fingerprint density at radius 1 is 1.00 bits per heavy atom. The molecule has 0 N–H and O–H groups in total. The number of likely N-dealkylation sites (N-methyl/N-ethyl adjacent to an activating group) is 1. The molecule has 2 aromatic rings. The van der Waals surface area contributed by atoms with Crippen molar-refractivity contribution in [3.8, 4) is 0 Å². The van der Waals surface area contributed by atoms with Gasteiger partial charge in [0, 0.05) is 38.9 Å². The lowest BCUT2D eigenvalue weighted by Gasteiger charge is -2.29. The van der Waals surface area contributed by atoms with Crippen LogP contribution in [0.25, 0.3) is 0 Å². The first-order valence-electron chi connectivity index (χ1n) is 9.78. The second kappa shape index (κ2) is 9.31. The lowest BCUT2D eigenvalue weighted by Crippen LogP contribution is -2.41. The van der Waals surface area contributed by atoms with Crippen molar-refractivity contribution in [1.82, 2.24) is 9.80 Å². The number of carbonyl (C=O) groups is 1. The van der Waals surface area contributed by atoms with E-state index < -0.39 is 11.6 Å². The van der Waals surface area contributed by atoms with Gasteiger partial charge in [0.1, 0.15) is 5.82 Å². The maximum Gasteiger partial charge on any atom is 0.236 e. The molecule has 156 valence electrons. The molecule has 3 rings (SSSR count). The first-order chi connectivity index (χ1) is 13.8. The lowest BCUT2D eigenvalue weighted by molar-refractivity contribution is -0.133. The van der Waals surface area contributed by atoms with Gasteiger partial charge < -0.3 is 9.80 Å². The minimum atomic E-state index is -0.913. The molecule has 1 heterocycles. The second-order valence-corrected chi connectivity index (χ2v) is 7.45. The number of carbonyl (C=O) groups excluding carboxylic acids is 1. The van der Waals surface area contributed by atoms with Crippen LogP contribution in [0.1, 0.15) is 24.9 Å². The SMILES string of the molecule is CC(c1ccc(F)c(F)c1)N(C)C(=O)CN1CCCN(c2ccc(F)cc2)CC1. The lowest BCUT2D eigenvalue weighted by atomic mass is 10.1. The zero-order valence-electron chi connectivity index (χ0n) is 16.7. The second-order valence-electron chi connectivity index (χ2n) is 7.45. The fourth-order valence-corrected chi connectivity index (χ4v) is 3.55. The van der Waals surface area contributed by atoms with E-state index in [4.69, 9.17) is 0 Å². The van der Waals surface area contributed by atoms with Gasteiger partial charge in [-0.25, -0.2) is 13.2 Å². The Labute approximate surface area is 169 Å². The van der Waals surface area contributed by atoms with Gasteiger partial charge in [0.2, 0.25) is 5.91 Å². The molecule has 4 nitrogen and oxygen atoms in total. The van der Waals surface area contributed by atoms with Gasteiger partial charge in [-0.2, -0.15) is 0 Å². The molecule has 1 atom stereocenters. The van der Waals surface area contributed by atoms with Crippen LogP contribution in [-0.2, 0) is 4.79 Å². The smallest absolute Gasteiger partial charge is 0.236 e. The molecule has 1 saturated heterocycles. The Morgan fingerprint density at radius 3 is 2.41 bits per heavy atom. The molecule has 0 saturated carbocycles. The molecular formula is C22H26F3N3O. The van der Waals surface area contributed by atoms with E-state index in [1.54, 1.807) is 31.0 Å². The number of amides is 1. The van der Waals surface area contributed by atoms with Crippen molar-refractivity contribution in [3.63, 3.8) is 0 Å². The van der Waals surface area contributed by atoms with E-state index in [0.29, 0.717) is 5.56 Å². The van der Waals surface area contributed by atoms with Crippen molar-refractivity contribution in [2.45, 2.75) is 19.4 Å². The summed E-state index contributed by atoms with van der Waals surface area (Å²) < 4.78 is 39.8. The van der Waals surface area contributed by atoms with E-state index in [1.807, 2.05) is 0 Å². The maximum atomic E-state index is 13.5. The average Bonchev–Trinajstić information content (AvgIpc) is 2.95. The van der Waals surface area contributed by atoms with E-state index in [2.05, 4.69) is 9.80 Å². The third-order valence-electron chi connectivity index (χ3n) is 5.54. The van der Waals surface area contributed by atoms with Crippen molar-refractivity contribution >= 4 is 11.6 Å². The minimum absolute atomic E-state index is 0.0718. The van der Waals surface area contributed by atoms with Crippen LogP contribution in [0.2, 0.25) is 0 Å².